The fourth-order valence-electron chi connectivity index (χ4n) is 0.139. The minimum absolute atomic E-state index is 0. The third-order valence-corrected chi connectivity index (χ3v) is 1.91. The summed E-state index contributed by atoms with van der Waals surface area (Å²) < 4.78 is 22.2. The van der Waals surface area contributed by atoms with E-state index in [1.807, 2.05) is 0 Å². The molecule has 0 amide bonds. The third kappa shape index (κ3) is 19.5. The molecule has 0 rings (SSSR count). The molecule has 0 atom stereocenters. The number of phosphoric acid groups is 2. The maximum Gasteiger partial charge on any atom is 2.00 e. The van der Waals surface area contributed by atoms with E-state index in [1.165, 1.54) is 0 Å². The molecule has 0 fully saturated rings. The molecule has 64 valence electrons. The maximum absolute atomic E-state index is 9.63. The minimum atomic E-state index is -5.05. The minimum Gasteiger partial charge on any atom is -1.00 e. The van der Waals surface area contributed by atoms with Gasteiger partial charge in [0.15, 0.2) is 0 Å². The second-order valence-electron chi connectivity index (χ2n) is 1.06. The molecule has 0 aliphatic carbocycles. The van der Waals surface area contributed by atoms with Crippen LogP contribution in [0.4, 0.5) is 0 Å². The Morgan fingerprint density at radius 1 is 1.00 bits per heavy atom. The van der Waals surface area contributed by atoms with Crippen molar-refractivity contribution in [1.82, 2.24) is 0 Å². The van der Waals surface area contributed by atoms with Gasteiger partial charge in [0.1, 0.15) is 0 Å². The first-order valence-electron chi connectivity index (χ1n) is 1.53. The van der Waals surface area contributed by atoms with Crippen molar-refractivity contribution < 1.29 is 38.7 Å². The van der Waals surface area contributed by atoms with Gasteiger partial charge in [-0.3, -0.25) is 0 Å². The Morgan fingerprint density at radius 2 is 1.18 bits per heavy atom. The zero-order chi connectivity index (χ0) is 7.71. The summed E-state index contributed by atoms with van der Waals surface area (Å²) in [5.74, 6) is 0. The van der Waals surface area contributed by atoms with Crippen molar-refractivity contribution in [3.8, 4) is 0 Å². The quantitative estimate of drug-likeness (QED) is 0.363. The van der Waals surface area contributed by atoms with Crippen molar-refractivity contribution in [2.75, 3.05) is 0 Å². The number of hydrogen-bond donors (Lipinski definition) is 4. The monoisotopic (exact) mass is 360 g/mol. The van der Waals surface area contributed by atoms with Gasteiger partial charge in [-0.15, -0.1) is 0 Å². The third-order valence-electron chi connectivity index (χ3n) is 0.213. The van der Waals surface area contributed by atoms with E-state index in [4.69, 9.17) is 19.6 Å². The molecule has 0 aliphatic heterocycles. The summed E-state index contributed by atoms with van der Waals surface area (Å²) in [5.41, 5.74) is 0. The largest absolute Gasteiger partial charge is 2.00 e. The summed E-state index contributed by atoms with van der Waals surface area (Å²) >= 11 is 0. The van der Waals surface area contributed by atoms with Gasteiger partial charge in [0.05, 0.1) is 0 Å². The Balaban J connectivity index is -0.0000000213. The van der Waals surface area contributed by atoms with Crippen LogP contribution in [0.2, 0.25) is 0 Å². The van der Waals surface area contributed by atoms with E-state index >= 15 is 0 Å². The van der Waals surface area contributed by atoms with Gasteiger partial charge in [0.2, 0.25) is 0 Å². The zero-order valence-electron chi connectivity index (χ0n) is 9.32. The molecule has 4 N–H and O–H groups in total. The van der Waals surface area contributed by atoms with Crippen molar-refractivity contribution in [2.24, 2.45) is 0 Å². The first-order chi connectivity index (χ1) is 3.71. The summed E-state index contributed by atoms with van der Waals surface area (Å²) in [6.07, 6.45) is 0. The van der Waals surface area contributed by atoms with Crippen molar-refractivity contribution in [3.05, 3.63) is 0 Å². The molecule has 11 heavy (non-hydrogen) atoms. The molecule has 0 bridgehead atoms. The van der Waals surface area contributed by atoms with E-state index in [0.29, 0.717) is 0 Å². The fraction of sp³-hybridized carbons (Fsp3) is 0. The standard InChI is InChI=1S/Ba.Ca.H4O7P2.4H/c;;1-8(2,3)7-9(4,5)6;;;;/h;;(H2,1,2,3)(H2,4,5,6);;;;/q2*+2;;4*-1. The van der Waals surface area contributed by atoms with Gasteiger partial charge in [-0.05, 0) is 0 Å². The SMILES string of the molecule is O=P(O)(O)OP(=O)(O)O.[Ba+2].[Ca+2].[H-].[H-].[H-].[H-]. The molecule has 0 aliphatic rings. The maximum atomic E-state index is 9.63. The van der Waals surface area contributed by atoms with Crippen molar-refractivity contribution in [1.29, 1.82) is 0 Å². The van der Waals surface area contributed by atoms with Gasteiger partial charge in [-0.25, -0.2) is 9.13 Å². The van der Waals surface area contributed by atoms with Crippen LogP contribution in [0.3, 0.4) is 0 Å². The normalized spacial score (nSPS) is 11.3. The van der Waals surface area contributed by atoms with Gasteiger partial charge >= 0.3 is 102 Å². The average Bonchev–Trinajstić information content (AvgIpc) is 1.14. The molecule has 0 aromatic rings. The number of rotatable bonds is 2. The van der Waals surface area contributed by atoms with Crippen LogP contribution in [0.25, 0.3) is 0 Å². The van der Waals surface area contributed by atoms with Gasteiger partial charge in [0, 0.05) is 0 Å². The second kappa shape index (κ2) is 7.39. The van der Waals surface area contributed by atoms with Gasteiger partial charge in [-0.1, -0.05) is 0 Å². The number of hydrogen-bond acceptors (Lipinski definition) is 3. The fourth-order valence-corrected chi connectivity index (χ4v) is 1.25. The average molecular weight is 359 g/mol. The van der Waals surface area contributed by atoms with E-state index in [0.717, 1.165) is 0 Å². The molecule has 0 heterocycles. The predicted octanol–water partition coefficient (Wildman–Crippen LogP) is -1.12. The summed E-state index contributed by atoms with van der Waals surface area (Å²) in [6, 6.07) is 0. The first kappa shape index (κ1) is 19.6. The molecule has 0 radical (unpaired) electrons. The molecular weight excluding hydrogens is 351 g/mol. The molecular formula is H8BaCaO7P2. The summed E-state index contributed by atoms with van der Waals surface area (Å²) in [5, 5.41) is 0. The van der Waals surface area contributed by atoms with Crippen LogP contribution in [-0.4, -0.2) is 106 Å². The van der Waals surface area contributed by atoms with Crippen LogP contribution in [0.5, 0.6) is 0 Å². The Bertz CT molecular complexity index is 169. The molecule has 0 spiro atoms. The molecule has 0 unspecified atom stereocenters. The molecule has 0 saturated heterocycles. The summed E-state index contributed by atoms with van der Waals surface area (Å²) in [6.45, 7) is 0. The van der Waals surface area contributed by atoms with Crippen LogP contribution in [0.1, 0.15) is 5.71 Å². The second-order valence-corrected chi connectivity index (χ2v) is 3.68. The molecule has 0 saturated carbocycles. The molecule has 11 heteroatoms. The van der Waals surface area contributed by atoms with Crippen molar-refractivity contribution >= 4 is 102 Å². The smallest absolute Gasteiger partial charge is 1.00 e. The van der Waals surface area contributed by atoms with Gasteiger partial charge in [0.25, 0.3) is 0 Å². The van der Waals surface area contributed by atoms with E-state index in [9.17, 15) is 9.13 Å². The van der Waals surface area contributed by atoms with E-state index in [-0.39, 0.29) is 92.3 Å². The van der Waals surface area contributed by atoms with Crippen LogP contribution in [-0.2, 0) is 13.4 Å². The van der Waals surface area contributed by atoms with E-state index in [1.54, 1.807) is 0 Å². The molecule has 0 aromatic heterocycles. The predicted molar refractivity (Wildman–Crippen MR) is 41.1 cm³/mol. The van der Waals surface area contributed by atoms with Crippen molar-refractivity contribution in [2.45, 2.75) is 0 Å². The van der Waals surface area contributed by atoms with E-state index < -0.39 is 15.6 Å². The van der Waals surface area contributed by atoms with Gasteiger partial charge < -0.3 is 25.3 Å². The van der Waals surface area contributed by atoms with Crippen LogP contribution in [0.15, 0.2) is 0 Å². The topological polar surface area (TPSA) is 124 Å². The molecule has 7 nitrogen and oxygen atoms in total. The summed E-state index contributed by atoms with van der Waals surface area (Å²) in [4.78, 5) is 31.0. The van der Waals surface area contributed by atoms with Crippen LogP contribution >= 0.6 is 15.6 Å². The first-order valence-corrected chi connectivity index (χ1v) is 4.59. The zero-order valence-corrected chi connectivity index (χ0v) is 13.8. The Hall–Kier alpha value is 3.09. The molecule has 0 aromatic carbocycles. The van der Waals surface area contributed by atoms with Crippen LogP contribution < -0.4 is 0 Å². The Morgan fingerprint density at radius 3 is 1.18 bits per heavy atom. The van der Waals surface area contributed by atoms with Gasteiger partial charge in [-0.2, -0.15) is 4.31 Å². The van der Waals surface area contributed by atoms with Crippen LogP contribution in [0, 0.1) is 0 Å². The Labute approximate surface area is 138 Å². The van der Waals surface area contributed by atoms with Crippen molar-refractivity contribution in [3.63, 3.8) is 0 Å². The summed E-state index contributed by atoms with van der Waals surface area (Å²) in [7, 11) is -10.1. The Kier molecular flexibility index (Phi) is 13.2. The van der Waals surface area contributed by atoms with E-state index in [2.05, 4.69) is 4.31 Å².